The van der Waals surface area contributed by atoms with Gasteiger partial charge in [-0.2, -0.15) is 5.26 Å². The Morgan fingerprint density at radius 2 is 2.08 bits per heavy atom. The van der Waals surface area contributed by atoms with Crippen molar-refractivity contribution in [1.29, 1.82) is 5.26 Å². The largest absolute Gasteiger partial charge is 0.312 e. The molecule has 1 heterocycles. The normalized spacial score (nSPS) is 16.7. The molecule has 1 amide bonds. The summed E-state index contributed by atoms with van der Waals surface area (Å²) in [5, 5.41) is 13.9. The summed E-state index contributed by atoms with van der Waals surface area (Å²) in [6, 6.07) is 7.04. The fourth-order valence-electron chi connectivity index (χ4n) is 3.38. The van der Waals surface area contributed by atoms with Gasteiger partial charge in [0.1, 0.15) is 11.1 Å². The van der Waals surface area contributed by atoms with Gasteiger partial charge in [0.15, 0.2) is 0 Å². The number of benzene rings is 1. The Balaban J connectivity index is 1.89. The van der Waals surface area contributed by atoms with Gasteiger partial charge in [0, 0.05) is 9.90 Å². The maximum Gasteiger partial charge on any atom is 0.257 e. The van der Waals surface area contributed by atoms with Gasteiger partial charge in [-0.1, -0.05) is 44.0 Å². The van der Waals surface area contributed by atoms with Gasteiger partial charge in [0.2, 0.25) is 0 Å². The minimum atomic E-state index is -0.325. The quantitative estimate of drug-likeness (QED) is 0.632. The Hall–Kier alpha value is -1.54. The average molecular weight is 407 g/mol. The van der Waals surface area contributed by atoms with E-state index in [1.807, 2.05) is 0 Å². The molecule has 1 atom stereocenters. The lowest BCUT2D eigenvalue weighted by atomic mass is 9.72. The summed E-state index contributed by atoms with van der Waals surface area (Å²) in [4.78, 5) is 13.8. The van der Waals surface area contributed by atoms with E-state index >= 15 is 0 Å². The lowest BCUT2D eigenvalue weighted by Gasteiger charge is -2.33. The predicted octanol–water partition coefficient (Wildman–Crippen LogP) is 6.33. The summed E-state index contributed by atoms with van der Waals surface area (Å²) in [5.74, 6) is 0.253. The van der Waals surface area contributed by atoms with Crippen molar-refractivity contribution in [2.75, 3.05) is 5.32 Å². The van der Waals surface area contributed by atoms with Gasteiger partial charge >= 0.3 is 0 Å². The van der Waals surface area contributed by atoms with Crippen LogP contribution in [-0.4, -0.2) is 5.91 Å². The fourth-order valence-corrected chi connectivity index (χ4v) is 5.14. The van der Waals surface area contributed by atoms with Gasteiger partial charge in [-0.3, -0.25) is 4.79 Å². The van der Waals surface area contributed by atoms with Crippen LogP contribution >= 0.6 is 34.5 Å². The average Bonchev–Trinajstić information content (AvgIpc) is 2.89. The lowest BCUT2D eigenvalue weighted by Crippen LogP contribution is -2.26. The van der Waals surface area contributed by atoms with Crippen molar-refractivity contribution < 1.29 is 4.79 Å². The molecule has 0 saturated carbocycles. The summed E-state index contributed by atoms with van der Waals surface area (Å²) in [6.45, 7) is 6.77. The molecule has 1 unspecified atom stereocenters. The van der Waals surface area contributed by atoms with E-state index in [1.54, 1.807) is 12.1 Å². The minimum absolute atomic E-state index is 0.231. The minimum Gasteiger partial charge on any atom is -0.312 e. The first-order valence-electron chi connectivity index (χ1n) is 8.51. The van der Waals surface area contributed by atoms with E-state index in [-0.39, 0.29) is 11.3 Å². The highest BCUT2D eigenvalue weighted by molar-refractivity contribution is 7.16. The topological polar surface area (TPSA) is 52.9 Å². The third-order valence-corrected chi connectivity index (χ3v) is 6.72. The van der Waals surface area contributed by atoms with E-state index < -0.39 is 0 Å². The first-order chi connectivity index (χ1) is 12.2. The number of carbonyl (C=O) groups is 1. The van der Waals surface area contributed by atoms with E-state index in [0.717, 1.165) is 24.8 Å². The highest BCUT2D eigenvalue weighted by Gasteiger charge is 2.32. The van der Waals surface area contributed by atoms with Crippen molar-refractivity contribution in [3.63, 3.8) is 0 Å². The molecule has 136 valence electrons. The molecule has 3 nitrogen and oxygen atoms in total. The number of anilines is 1. The van der Waals surface area contributed by atoms with Crippen molar-refractivity contribution >= 4 is 45.4 Å². The molecule has 1 aromatic carbocycles. The number of hydrogen-bond acceptors (Lipinski definition) is 3. The molecule has 1 aliphatic carbocycles. The van der Waals surface area contributed by atoms with Crippen LogP contribution in [0.5, 0.6) is 0 Å². The highest BCUT2D eigenvalue weighted by atomic mass is 35.5. The van der Waals surface area contributed by atoms with Gasteiger partial charge in [-0.05, 0) is 54.4 Å². The van der Waals surface area contributed by atoms with E-state index in [1.165, 1.54) is 22.3 Å². The maximum absolute atomic E-state index is 12.6. The molecule has 0 bridgehead atoms. The molecule has 2 aromatic rings. The molecular formula is C20H20Cl2N2OS. The predicted molar refractivity (Wildman–Crippen MR) is 108 cm³/mol. The second-order valence-electron chi connectivity index (χ2n) is 7.70. The Morgan fingerprint density at radius 3 is 2.69 bits per heavy atom. The molecule has 3 rings (SSSR count). The zero-order valence-corrected chi connectivity index (χ0v) is 17.3. The fraction of sp³-hybridized carbons (Fsp3) is 0.400. The van der Waals surface area contributed by atoms with E-state index in [9.17, 15) is 10.1 Å². The molecule has 1 aliphatic rings. The lowest BCUT2D eigenvalue weighted by molar-refractivity contribution is 0.102. The zero-order chi connectivity index (χ0) is 19.1. The number of nitrogens with zero attached hydrogens (tertiary/aromatic N) is 1. The zero-order valence-electron chi connectivity index (χ0n) is 15.0. The molecule has 0 aliphatic heterocycles. The molecule has 0 spiro atoms. The number of halogens is 2. The summed E-state index contributed by atoms with van der Waals surface area (Å²) < 4.78 is 0. The van der Waals surface area contributed by atoms with Crippen molar-refractivity contribution in [2.24, 2.45) is 11.3 Å². The molecule has 26 heavy (non-hydrogen) atoms. The van der Waals surface area contributed by atoms with E-state index in [4.69, 9.17) is 23.2 Å². The van der Waals surface area contributed by atoms with Crippen LogP contribution in [0.2, 0.25) is 10.0 Å². The molecule has 1 N–H and O–H groups in total. The highest BCUT2D eigenvalue weighted by Crippen LogP contribution is 2.44. The second-order valence-corrected chi connectivity index (χ2v) is 9.65. The van der Waals surface area contributed by atoms with Gasteiger partial charge in [0.05, 0.1) is 16.1 Å². The number of amides is 1. The first-order valence-corrected chi connectivity index (χ1v) is 10.1. The van der Waals surface area contributed by atoms with Gasteiger partial charge in [0.25, 0.3) is 5.91 Å². The van der Waals surface area contributed by atoms with E-state index in [2.05, 4.69) is 32.2 Å². The molecule has 0 radical (unpaired) electrons. The Morgan fingerprint density at radius 1 is 1.35 bits per heavy atom. The van der Waals surface area contributed by atoms with Crippen LogP contribution in [0.3, 0.4) is 0 Å². The van der Waals surface area contributed by atoms with Crippen molar-refractivity contribution in [3.05, 3.63) is 49.8 Å². The van der Waals surface area contributed by atoms with Crippen LogP contribution in [0.25, 0.3) is 0 Å². The first kappa shape index (κ1) is 19.2. The number of fused-ring (bicyclic) bond motifs is 1. The smallest absolute Gasteiger partial charge is 0.257 e. The second kappa shape index (κ2) is 7.23. The van der Waals surface area contributed by atoms with Crippen molar-refractivity contribution in [3.8, 4) is 6.07 Å². The van der Waals surface area contributed by atoms with Crippen LogP contribution in [-0.2, 0) is 12.8 Å². The SMILES string of the molecule is CC(C)(C)C1CCc2c(sc(NC(=O)c3ccc(Cl)cc3Cl)c2C#N)C1. The van der Waals surface area contributed by atoms with Gasteiger partial charge in [-0.15, -0.1) is 11.3 Å². The van der Waals surface area contributed by atoms with Gasteiger partial charge in [-0.25, -0.2) is 0 Å². The standard InChI is InChI=1S/C20H20Cl2N2OS/c1-20(2,3)11-4-6-13-15(10-23)19(26-17(13)8-11)24-18(25)14-7-5-12(21)9-16(14)22/h5,7,9,11H,4,6,8H2,1-3H3,(H,24,25). The molecule has 6 heteroatoms. The molecular weight excluding hydrogens is 387 g/mol. The molecule has 1 aromatic heterocycles. The molecule has 0 saturated heterocycles. The van der Waals surface area contributed by atoms with Crippen LogP contribution in [0, 0.1) is 22.7 Å². The van der Waals surface area contributed by atoms with E-state index in [0.29, 0.717) is 32.1 Å². The molecule has 0 fully saturated rings. The summed E-state index contributed by atoms with van der Waals surface area (Å²) >= 11 is 13.5. The number of rotatable bonds is 2. The van der Waals surface area contributed by atoms with Crippen LogP contribution in [0.4, 0.5) is 5.00 Å². The number of nitriles is 1. The van der Waals surface area contributed by atoms with Crippen LogP contribution in [0.15, 0.2) is 18.2 Å². The summed E-state index contributed by atoms with van der Waals surface area (Å²) in [7, 11) is 0. The van der Waals surface area contributed by atoms with Crippen molar-refractivity contribution in [2.45, 2.75) is 40.0 Å². The third kappa shape index (κ3) is 3.76. The van der Waals surface area contributed by atoms with Crippen LogP contribution in [0.1, 0.15) is 53.6 Å². The number of nitrogens with one attached hydrogen (secondary N) is 1. The Kier molecular flexibility index (Phi) is 5.35. The Bertz CT molecular complexity index is 906. The number of hydrogen-bond donors (Lipinski definition) is 1. The van der Waals surface area contributed by atoms with Crippen molar-refractivity contribution in [1.82, 2.24) is 0 Å². The summed E-state index contributed by atoms with van der Waals surface area (Å²) in [5.41, 5.74) is 2.26. The summed E-state index contributed by atoms with van der Waals surface area (Å²) in [6.07, 6.45) is 2.91. The Labute approximate surface area is 167 Å². The third-order valence-electron chi connectivity index (χ3n) is 5.00. The number of thiophene rings is 1. The number of carbonyl (C=O) groups excluding carboxylic acids is 1. The van der Waals surface area contributed by atoms with Gasteiger partial charge < -0.3 is 5.32 Å². The van der Waals surface area contributed by atoms with Crippen LogP contribution < -0.4 is 5.32 Å². The monoisotopic (exact) mass is 406 g/mol. The maximum atomic E-state index is 12.6.